The van der Waals surface area contributed by atoms with Gasteiger partial charge in [0, 0.05) is 16.4 Å². The third-order valence-corrected chi connectivity index (χ3v) is 3.75. The third-order valence-electron chi connectivity index (χ3n) is 2.77. The van der Waals surface area contributed by atoms with Crippen molar-refractivity contribution in [3.63, 3.8) is 0 Å². The lowest BCUT2D eigenvalue weighted by atomic mass is 10.1. The molecule has 1 heterocycles. The average Bonchev–Trinajstić information content (AvgIpc) is 2.77. The van der Waals surface area contributed by atoms with Crippen molar-refractivity contribution >= 4 is 34.0 Å². The maximum absolute atomic E-state index is 11.9. The number of nitrogens with zero attached hydrogens (tertiary/aromatic N) is 1. The maximum Gasteiger partial charge on any atom is 0.226 e. The minimum Gasteiger partial charge on any atom is -0.375 e. The van der Waals surface area contributed by atoms with Crippen LogP contribution in [-0.4, -0.2) is 16.9 Å². The molecule has 0 aliphatic heterocycles. The summed E-state index contributed by atoms with van der Waals surface area (Å²) in [5.74, 6) is -0.0447. The number of halogens is 1. The smallest absolute Gasteiger partial charge is 0.226 e. The molecule has 2 aromatic rings. The van der Waals surface area contributed by atoms with Gasteiger partial charge >= 0.3 is 0 Å². The van der Waals surface area contributed by atoms with E-state index in [1.54, 1.807) is 5.38 Å². The highest BCUT2D eigenvalue weighted by Gasteiger charge is 2.10. The number of benzene rings is 1. The monoisotopic (exact) mass is 309 g/mol. The van der Waals surface area contributed by atoms with Gasteiger partial charge < -0.3 is 11.1 Å². The highest BCUT2D eigenvalue weighted by atomic mass is 35.5. The Bertz CT molecular complexity index is 582. The van der Waals surface area contributed by atoms with Gasteiger partial charge in [0.1, 0.15) is 0 Å². The topological polar surface area (TPSA) is 68.0 Å². The van der Waals surface area contributed by atoms with E-state index in [4.69, 9.17) is 17.3 Å². The highest BCUT2D eigenvalue weighted by molar-refractivity contribution is 7.13. The molecule has 3 N–H and O–H groups in total. The van der Waals surface area contributed by atoms with Gasteiger partial charge in [-0.2, -0.15) is 0 Å². The molecule has 0 saturated carbocycles. The number of rotatable bonds is 5. The molecule has 106 valence electrons. The van der Waals surface area contributed by atoms with E-state index in [9.17, 15) is 4.79 Å². The van der Waals surface area contributed by atoms with Crippen LogP contribution in [0.1, 0.15) is 18.2 Å². The molecule has 0 saturated heterocycles. The SMILES string of the molecule is CC(Cc1ccc(Cl)cc1)NC(=O)Cc1csc(N)n1. The summed E-state index contributed by atoms with van der Waals surface area (Å²) in [5.41, 5.74) is 7.39. The van der Waals surface area contributed by atoms with Crippen LogP contribution in [0.15, 0.2) is 29.6 Å². The summed E-state index contributed by atoms with van der Waals surface area (Å²) in [6, 6.07) is 7.69. The minimum absolute atomic E-state index is 0.0447. The molecule has 1 aromatic carbocycles. The second kappa shape index (κ2) is 6.72. The number of amides is 1. The summed E-state index contributed by atoms with van der Waals surface area (Å²) in [7, 11) is 0. The number of aromatic nitrogens is 1. The lowest BCUT2D eigenvalue weighted by molar-refractivity contribution is -0.121. The van der Waals surface area contributed by atoms with Crippen LogP contribution >= 0.6 is 22.9 Å². The molecule has 0 radical (unpaired) electrons. The maximum atomic E-state index is 11.9. The molecule has 1 amide bonds. The summed E-state index contributed by atoms with van der Waals surface area (Å²) in [6.45, 7) is 1.97. The Labute approximate surface area is 127 Å². The molecule has 2 rings (SSSR count). The fraction of sp³-hybridized carbons (Fsp3) is 0.286. The molecule has 0 fully saturated rings. The van der Waals surface area contributed by atoms with E-state index in [1.807, 2.05) is 31.2 Å². The van der Waals surface area contributed by atoms with Gasteiger partial charge in [0.15, 0.2) is 5.13 Å². The van der Waals surface area contributed by atoms with Crippen molar-refractivity contribution in [2.75, 3.05) is 5.73 Å². The highest BCUT2D eigenvalue weighted by Crippen LogP contribution is 2.12. The van der Waals surface area contributed by atoms with E-state index < -0.39 is 0 Å². The van der Waals surface area contributed by atoms with E-state index in [0.717, 1.165) is 12.0 Å². The van der Waals surface area contributed by atoms with E-state index in [0.29, 0.717) is 15.8 Å². The number of carbonyl (C=O) groups excluding carboxylic acids is 1. The number of hydrogen-bond acceptors (Lipinski definition) is 4. The van der Waals surface area contributed by atoms with Crippen LogP contribution in [0.3, 0.4) is 0 Å². The Morgan fingerprint density at radius 3 is 2.75 bits per heavy atom. The first kappa shape index (κ1) is 14.8. The lowest BCUT2D eigenvalue weighted by Gasteiger charge is -2.13. The normalized spacial score (nSPS) is 12.1. The molecular weight excluding hydrogens is 294 g/mol. The fourth-order valence-corrected chi connectivity index (χ4v) is 2.61. The molecule has 1 unspecified atom stereocenters. The van der Waals surface area contributed by atoms with Gasteiger partial charge in [-0.3, -0.25) is 4.79 Å². The predicted octanol–water partition coefficient (Wildman–Crippen LogP) is 2.67. The summed E-state index contributed by atoms with van der Waals surface area (Å²) in [4.78, 5) is 15.9. The number of nitrogens with two attached hydrogens (primary N) is 1. The summed E-state index contributed by atoms with van der Waals surface area (Å²) in [5, 5.41) is 5.96. The molecule has 0 spiro atoms. The second-order valence-electron chi connectivity index (χ2n) is 4.65. The number of hydrogen-bond donors (Lipinski definition) is 2. The molecule has 0 aliphatic rings. The molecule has 0 aliphatic carbocycles. The summed E-state index contributed by atoms with van der Waals surface area (Å²) < 4.78 is 0. The Morgan fingerprint density at radius 1 is 1.45 bits per heavy atom. The van der Waals surface area contributed by atoms with Gasteiger partial charge in [-0.25, -0.2) is 4.98 Å². The summed E-state index contributed by atoms with van der Waals surface area (Å²) >= 11 is 7.18. The molecule has 4 nitrogen and oxygen atoms in total. The number of nitrogens with one attached hydrogen (secondary N) is 1. The van der Waals surface area contributed by atoms with E-state index in [1.165, 1.54) is 11.3 Å². The molecule has 0 bridgehead atoms. The first-order valence-corrected chi connectivity index (χ1v) is 7.52. The van der Waals surface area contributed by atoms with Crippen molar-refractivity contribution in [3.05, 3.63) is 45.9 Å². The largest absolute Gasteiger partial charge is 0.375 e. The number of anilines is 1. The Morgan fingerprint density at radius 2 is 2.15 bits per heavy atom. The molecule has 20 heavy (non-hydrogen) atoms. The van der Waals surface area contributed by atoms with Gasteiger partial charge in [0.25, 0.3) is 0 Å². The van der Waals surface area contributed by atoms with Gasteiger partial charge in [-0.05, 0) is 31.0 Å². The number of thiazole rings is 1. The lowest BCUT2D eigenvalue weighted by Crippen LogP contribution is -2.35. The van der Waals surface area contributed by atoms with Crippen LogP contribution in [0.5, 0.6) is 0 Å². The van der Waals surface area contributed by atoms with Gasteiger partial charge in [-0.15, -0.1) is 11.3 Å². The average molecular weight is 310 g/mol. The molecule has 6 heteroatoms. The quantitative estimate of drug-likeness (QED) is 0.892. The first-order chi connectivity index (χ1) is 9.52. The Kier molecular flexibility index (Phi) is 4.98. The van der Waals surface area contributed by atoms with Crippen LogP contribution in [0, 0.1) is 0 Å². The second-order valence-corrected chi connectivity index (χ2v) is 5.98. The third kappa shape index (κ3) is 4.51. The van der Waals surface area contributed by atoms with Crippen LogP contribution in [0.2, 0.25) is 5.02 Å². The minimum atomic E-state index is -0.0447. The number of nitrogen functional groups attached to an aromatic ring is 1. The van der Waals surface area contributed by atoms with E-state index >= 15 is 0 Å². The van der Waals surface area contributed by atoms with Crippen molar-refractivity contribution in [3.8, 4) is 0 Å². The molecule has 1 aromatic heterocycles. The van der Waals surface area contributed by atoms with Crippen LogP contribution in [0.25, 0.3) is 0 Å². The molecular formula is C14H16ClN3OS. The van der Waals surface area contributed by atoms with Gasteiger partial charge in [0.05, 0.1) is 12.1 Å². The number of carbonyl (C=O) groups is 1. The van der Waals surface area contributed by atoms with Crippen molar-refractivity contribution in [2.24, 2.45) is 0 Å². The van der Waals surface area contributed by atoms with Gasteiger partial charge in [0.2, 0.25) is 5.91 Å². The van der Waals surface area contributed by atoms with Crippen molar-refractivity contribution < 1.29 is 4.79 Å². The van der Waals surface area contributed by atoms with Gasteiger partial charge in [-0.1, -0.05) is 23.7 Å². The van der Waals surface area contributed by atoms with Crippen LogP contribution < -0.4 is 11.1 Å². The van der Waals surface area contributed by atoms with Crippen LogP contribution in [0.4, 0.5) is 5.13 Å². The predicted molar refractivity (Wildman–Crippen MR) is 83.0 cm³/mol. The van der Waals surface area contributed by atoms with Crippen molar-refractivity contribution in [1.29, 1.82) is 0 Å². The van der Waals surface area contributed by atoms with Crippen molar-refractivity contribution in [1.82, 2.24) is 10.3 Å². The fourth-order valence-electron chi connectivity index (χ4n) is 1.92. The summed E-state index contributed by atoms with van der Waals surface area (Å²) in [6.07, 6.45) is 1.03. The Hall–Kier alpha value is -1.59. The molecule has 1 atom stereocenters. The zero-order chi connectivity index (χ0) is 14.5. The van der Waals surface area contributed by atoms with E-state index in [2.05, 4.69) is 10.3 Å². The standard InChI is InChI=1S/C14H16ClN3OS/c1-9(6-10-2-4-11(15)5-3-10)17-13(19)7-12-8-20-14(16)18-12/h2-5,8-9H,6-7H2,1H3,(H2,16,18)(H,17,19). The zero-order valence-electron chi connectivity index (χ0n) is 11.1. The zero-order valence-corrected chi connectivity index (χ0v) is 12.7. The van der Waals surface area contributed by atoms with E-state index in [-0.39, 0.29) is 18.4 Å². The van der Waals surface area contributed by atoms with Crippen LogP contribution in [-0.2, 0) is 17.6 Å². The Balaban J connectivity index is 1.83. The van der Waals surface area contributed by atoms with Crippen molar-refractivity contribution in [2.45, 2.75) is 25.8 Å². The first-order valence-electron chi connectivity index (χ1n) is 6.26.